The zero-order valence-corrected chi connectivity index (χ0v) is 5.69. The standard InChI is InChI=1S/C6H4BN3O/c7-10-3-4-1-8-9-2-5(4)6(10)11/h1-2H,3H2. The van der Waals surface area contributed by atoms with Gasteiger partial charge in [0.1, 0.15) is 0 Å². The predicted molar refractivity (Wildman–Crippen MR) is 37.7 cm³/mol. The summed E-state index contributed by atoms with van der Waals surface area (Å²) in [5, 5.41) is 7.23. The lowest BCUT2D eigenvalue weighted by Crippen LogP contribution is -2.19. The molecule has 0 fully saturated rings. The van der Waals surface area contributed by atoms with E-state index in [4.69, 9.17) is 7.98 Å². The van der Waals surface area contributed by atoms with Gasteiger partial charge in [0, 0.05) is 12.1 Å². The molecule has 2 heterocycles. The first kappa shape index (κ1) is 6.33. The Hall–Kier alpha value is -1.39. The Morgan fingerprint density at radius 1 is 1.45 bits per heavy atom. The minimum atomic E-state index is -0.185. The number of aromatic nitrogens is 2. The van der Waals surface area contributed by atoms with E-state index in [-0.39, 0.29) is 5.91 Å². The molecule has 52 valence electrons. The van der Waals surface area contributed by atoms with Crippen molar-refractivity contribution in [2.45, 2.75) is 6.54 Å². The van der Waals surface area contributed by atoms with Crippen LogP contribution in [0.15, 0.2) is 12.4 Å². The molecular weight excluding hydrogens is 141 g/mol. The monoisotopic (exact) mass is 145 g/mol. The minimum absolute atomic E-state index is 0.185. The van der Waals surface area contributed by atoms with Crippen LogP contribution in [-0.4, -0.2) is 28.9 Å². The van der Waals surface area contributed by atoms with Crippen LogP contribution in [-0.2, 0) is 6.54 Å². The highest BCUT2D eigenvalue weighted by Gasteiger charge is 2.23. The Bertz CT molecular complexity index is 314. The molecule has 1 aromatic heterocycles. The fourth-order valence-electron chi connectivity index (χ4n) is 1.08. The summed E-state index contributed by atoms with van der Waals surface area (Å²) in [7, 11) is 5.36. The van der Waals surface area contributed by atoms with E-state index in [0.717, 1.165) is 10.4 Å². The second kappa shape index (κ2) is 2.05. The molecule has 4 nitrogen and oxygen atoms in total. The summed E-state index contributed by atoms with van der Waals surface area (Å²) in [4.78, 5) is 12.3. The molecule has 2 rings (SSSR count). The van der Waals surface area contributed by atoms with Crippen LogP contribution in [0.4, 0.5) is 0 Å². The van der Waals surface area contributed by atoms with Crippen LogP contribution in [0, 0.1) is 0 Å². The van der Waals surface area contributed by atoms with E-state index in [0.29, 0.717) is 12.1 Å². The Balaban J connectivity index is 2.55. The van der Waals surface area contributed by atoms with Crippen LogP contribution in [0.3, 0.4) is 0 Å². The fourth-order valence-corrected chi connectivity index (χ4v) is 1.08. The van der Waals surface area contributed by atoms with Crippen LogP contribution in [0.25, 0.3) is 0 Å². The number of hydrogen-bond donors (Lipinski definition) is 0. The molecule has 2 radical (unpaired) electrons. The van der Waals surface area contributed by atoms with E-state index in [1.807, 2.05) is 0 Å². The van der Waals surface area contributed by atoms with Gasteiger partial charge in [0.25, 0.3) is 0 Å². The predicted octanol–water partition coefficient (Wildman–Crippen LogP) is -0.484. The Morgan fingerprint density at radius 3 is 2.91 bits per heavy atom. The van der Waals surface area contributed by atoms with E-state index in [1.54, 1.807) is 6.20 Å². The largest absolute Gasteiger partial charge is 0.389 e. The number of hydrogen-bond acceptors (Lipinski definition) is 3. The quantitative estimate of drug-likeness (QED) is 0.463. The highest BCUT2D eigenvalue weighted by Crippen LogP contribution is 2.17. The second-order valence-corrected chi connectivity index (χ2v) is 2.36. The molecule has 0 N–H and O–H groups in total. The second-order valence-electron chi connectivity index (χ2n) is 2.36. The molecule has 1 aliphatic heterocycles. The van der Waals surface area contributed by atoms with Crippen LogP contribution < -0.4 is 0 Å². The van der Waals surface area contributed by atoms with Gasteiger partial charge in [-0.1, -0.05) is 0 Å². The number of nitrogens with zero attached hydrogens (tertiary/aromatic N) is 3. The first-order valence-corrected chi connectivity index (χ1v) is 3.15. The molecule has 0 saturated carbocycles. The average Bonchev–Trinajstić information content (AvgIpc) is 2.30. The van der Waals surface area contributed by atoms with Gasteiger partial charge in [-0.3, -0.25) is 4.79 Å². The zero-order valence-electron chi connectivity index (χ0n) is 5.69. The lowest BCUT2D eigenvalue weighted by molar-refractivity contribution is 0.0880. The topological polar surface area (TPSA) is 46.1 Å². The van der Waals surface area contributed by atoms with Gasteiger partial charge in [0.05, 0.1) is 18.0 Å². The first-order chi connectivity index (χ1) is 5.29. The molecule has 0 aromatic carbocycles. The molecule has 0 bridgehead atoms. The normalized spacial score (nSPS) is 15.3. The highest BCUT2D eigenvalue weighted by molar-refractivity contribution is 6.19. The van der Waals surface area contributed by atoms with E-state index in [1.165, 1.54) is 6.20 Å². The number of amides is 1. The van der Waals surface area contributed by atoms with Gasteiger partial charge in [0.15, 0.2) is 0 Å². The van der Waals surface area contributed by atoms with Crippen molar-refractivity contribution >= 4 is 13.9 Å². The molecule has 5 heteroatoms. The molecule has 1 aliphatic rings. The van der Waals surface area contributed by atoms with Crippen molar-refractivity contribution in [1.82, 2.24) is 15.0 Å². The maximum Gasteiger partial charge on any atom is 0.243 e. The van der Waals surface area contributed by atoms with Crippen molar-refractivity contribution in [2.75, 3.05) is 0 Å². The molecule has 0 aliphatic carbocycles. The summed E-state index contributed by atoms with van der Waals surface area (Å²) in [6, 6.07) is 0. The maximum atomic E-state index is 11.1. The van der Waals surface area contributed by atoms with Crippen LogP contribution >= 0.6 is 0 Å². The van der Waals surface area contributed by atoms with Crippen molar-refractivity contribution in [3.63, 3.8) is 0 Å². The van der Waals surface area contributed by atoms with Crippen molar-refractivity contribution in [3.8, 4) is 0 Å². The Morgan fingerprint density at radius 2 is 2.18 bits per heavy atom. The minimum Gasteiger partial charge on any atom is -0.389 e. The molecule has 0 saturated heterocycles. The molecule has 1 amide bonds. The third-order valence-corrected chi connectivity index (χ3v) is 1.64. The summed E-state index contributed by atoms with van der Waals surface area (Å²) in [5.74, 6) is -0.185. The van der Waals surface area contributed by atoms with Gasteiger partial charge in [-0.05, 0) is 0 Å². The highest BCUT2D eigenvalue weighted by atomic mass is 16.2. The van der Waals surface area contributed by atoms with Crippen molar-refractivity contribution < 1.29 is 4.79 Å². The van der Waals surface area contributed by atoms with E-state index >= 15 is 0 Å². The molecular formula is C6H4BN3O. The Labute approximate surface area is 64.7 Å². The molecule has 11 heavy (non-hydrogen) atoms. The molecule has 0 atom stereocenters. The smallest absolute Gasteiger partial charge is 0.243 e. The number of fused-ring (bicyclic) bond motifs is 1. The molecule has 1 aromatic rings. The Kier molecular flexibility index (Phi) is 1.18. The van der Waals surface area contributed by atoms with Gasteiger partial charge >= 0.3 is 0 Å². The number of rotatable bonds is 0. The summed E-state index contributed by atoms with van der Waals surface area (Å²) in [6.07, 6.45) is 2.99. The van der Waals surface area contributed by atoms with Gasteiger partial charge in [-0.25, -0.2) is 0 Å². The average molecular weight is 145 g/mol. The van der Waals surface area contributed by atoms with Crippen LogP contribution in [0.1, 0.15) is 15.9 Å². The third kappa shape index (κ3) is 0.807. The first-order valence-electron chi connectivity index (χ1n) is 3.15. The third-order valence-electron chi connectivity index (χ3n) is 1.64. The van der Waals surface area contributed by atoms with Crippen molar-refractivity contribution in [2.24, 2.45) is 0 Å². The summed E-state index contributed by atoms with van der Waals surface area (Å²) in [6.45, 7) is 0.434. The number of carbonyl (C=O) groups is 1. The maximum absolute atomic E-state index is 11.1. The molecule has 0 unspecified atom stereocenters. The van der Waals surface area contributed by atoms with Gasteiger partial charge in [-0.15, -0.1) is 0 Å². The van der Waals surface area contributed by atoms with Gasteiger partial charge in [-0.2, -0.15) is 10.2 Å². The molecule has 0 spiro atoms. The lowest BCUT2D eigenvalue weighted by Gasteiger charge is -2.04. The van der Waals surface area contributed by atoms with Gasteiger partial charge in [0.2, 0.25) is 13.9 Å². The van der Waals surface area contributed by atoms with Gasteiger partial charge < -0.3 is 4.81 Å². The van der Waals surface area contributed by atoms with Crippen molar-refractivity contribution in [3.05, 3.63) is 23.5 Å². The SMILES string of the molecule is [B]N1Cc2cnncc2C1=O. The summed E-state index contributed by atoms with van der Waals surface area (Å²) < 4.78 is 0. The fraction of sp³-hybridized carbons (Fsp3) is 0.167. The lowest BCUT2D eigenvalue weighted by atomic mass is 10.2. The van der Waals surface area contributed by atoms with E-state index in [9.17, 15) is 4.79 Å². The van der Waals surface area contributed by atoms with Crippen LogP contribution in [0.5, 0.6) is 0 Å². The number of carbonyl (C=O) groups excluding carboxylic acids is 1. The van der Waals surface area contributed by atoms with Crippen molar-refractivity contribution in [1.29, 1.82) is 0 Å². The summed E-state index contributed by atoms with van der Waals surface area (Å²) in [5.41, 5.74) is 1.40. The van der Waals surface area contributed by atoms with Crippen LogP contribution in [0.2, 0.25) is 0 Å². The summed E-state index contributed by atoms with van der Waals surface area (Å²) >= 11 is 0. The van der Waals surface area contributed by atoms with E-state index in [2.05, 4.69) is 10.2 Å². The van der Waals surface area contributed by atoms with E-state index < -0.39 is 0 Å². The zero-order chi connectivity index (χ0) is 7.84.